The van der Waals surface area contributed by atoms with Gasteiger partial charge in [-0.05, 0) is 12.1 Å². The molecule has 7 nitrogen and oxygen atoms in total. The van der Waals surface area contributed by atoms with Crippen LogP contribution in [0.15, 0.2) is 53.1 Å². The number of ether oxygens (including phenoxy) is 1. The summed E-state index contributed by atoms with van der Waals surface area (Å²) in [6.45, 7) is 0. The van der Waals surface area contributed by atoms with Gasteiger partial charge in [-0.3, -0.25) is 10.8 Å². The molecule has 1 heterocycles. The quantitative estimate of drug-likeness (QED) is 0.420. The molecule has 25 heavy (non-hydrogen) atoms. The van der Waals surface area contributed by atoms with Gasteiger partial charge < -0.3 is 20.7 Å². The molecule has 0 fully saturated rings. The molecule has 0 aliphatic rings. The molecule has 0 unspecified atom stereocenters. The smallest absolute Gasteiger partial charge is 0.171 e. The zero-order valence-electron chi connectivity index (χ0n) is 13.5. The highest BCUT2D eigenvalue weighted by molar-refractivity contribution is 5.96. The lowest BCUT2D eigenvalue weighted by atomic mass is 10.1. The van der Waals surface area contributed by atoms with Crippen molar-refractivity contribution >= 4 is 11.7 Å². The lowest BCUT2D eigenvalue weighted by Gasteiger charge is -2.07. The van der Waals surface area contributed by atoms with E-state index in [0.29, 0.717) is 33.9 Å². The zero-order valence-corrected chi connectivity index (χ0v) is 13.5. The Bertz CT molecular complexity index is 944. The van der Waals surface area contributed by atoms with Crippen LogP contribution >= 0.6 is 0 Å². The van der Waals surface area contributed by atoms with Crippen LogP contribution in [0.5, 0.6) is 5.75 Å². The van der Waals surface area contributed by atoms with Gasteiger partial charge in [0.05, 0.1) is 12.7 Å². The average molecular weight is 335 g/mol. The summed E-state index contributed by atoms with van der Waals surface area (Å²) >= 11 is 0. The minimum absolute atomic E-state index is 0.0164. The largest absolute Gasteiger partial charge is 0.496 e. The van der Waals surface area contributed by atoms with Crippen LogP contribution in [0.3, 0.4) is 0 Å². The molecule has 6 N–H and O–H groups in total. The maximum absolute atomic E-state index is 7.51. The van der Waals surface area contributed by atoms with Crippen LogP contribution in [0.25, 0.3) is 22.6 Å². The first kappa shape index (κ1) is 16.3. The van der Waals surface area contributed by atoms with Crippen molar-refractivity contribution in [2.24, 2.45) is 11.5 Å². The van der Waals surface area contributed by atoms with E-state index in [1.54, 1.807) is 43.5 Å². The van der Waals surface area contributed by atoms with Crippen molar-refractivity contribution in [1.29, 1.82) is 10.8 Å². The molecule has 0 atom stereocenters. The number of hydrogen-bond acceptors (Lipinski definition) is 5. The summed E-state index contributed by atoms with van der Waals surface area (Å²) in [6.07, 6.45) is 0. The van der Waals surface area contributed by atoms with Crippen molar-refractivity contribution in [2.45, 2.75) is 0 Å². The van der Waals surface area contributed by atoms with Crippen LogP contribution in [-0.4, -0.2) is 23.9 Å². The van der Waals surface area contributed by atoms with E-state index >= 15 is 0 Å². The summed E-state index contributed by atoms with van der Waals surface area (Å²) in [5.41, 5.74) is 14.4. The number of hydrogen-bond donors (Lipinski definition) is 4. The number of rotatable bonds is 5. The molecule has 0 saturated heterocycles. The third-order valence-electron chi connectivity index (χ3n) is 3.78. The third-order valence-corrected chi connectivity index (χ3v) is 3.78. The van der Waals surface area contributed by atoms with Gasteiger partial charge in [0, 0.05) is 22.8 Å². The van der Waals surface area contributed by atoms with Gasteiger partial charge in [-0.1, -0.05) is 35.5 Å². The number of nitrogens with zero attached hydrogens (tertiary/aromatic N) is 1. The van der Waals surface area contributed by atoms with Gasteiger partial charge in [0.2, 0.25) is 0 Å². The molecule has 7 heteroatoms. The highest BCUT2D eigenvalue weighted by Gasteiger charge is 2.14. The number of nitrogens with one attached hydrogen (secondary N) is 2. The minimum atomic E-state index is -0.0336. The van der Waals surface area contributed by atoms with Crippen molar-refractivity contribution in [1.82, 2.24) is 5.16 Å². The van der Waals surface area contributed by atoms with E-state index in [1.165, 1.54) is 0 Å². The fourth-order valence-corrected chi connectivity index (χ4v) is 2.42. The second-order valence-electron chi connectivity index (χ2n) is 5.40. The summed E-state index contributed by atoms with van der Waals surface area (Å²) in [5, 5.41) is 19.0. The third kappa shape index (κ3) is 3.20. The summed E-state index contributed by atoms with van der Waals surface area (Å²) < 4.78 is 10.8. The van der Waals surface area contributed by atoms with Crippen molar-refractivity contribution in [3.63, 3.8) is 0 Å². The van der Waals surface area contributed by atoms with E-state index in [4.69, 9.17) is 31.5 Å². The number of methoxy groups -OCH3 is 1. The average Bonchev–Trinajstić information content (AvgIpc) is 3.11. The molecule has 0 amide bonds. The van der Waals surface area contributed by atoms with E-state index in [9.17, 15) is 0 Å². The predicted molar refractivity (Wildman–Crippen MR) is 96.0 cm³/mol. The zero-order chi connectivity index (χ0) is 18.0. The standard InChI is InChI=1S/C18H17N5O2/c1-24-15-8-12(18(21)22)6-7-13(15)16-9-14(23-25-16)10-2-4-11(5-3-10)17(19)20/h2-9H,1H3,(H3,19,20)(H3,21,22). The van der Waals surface area contributed by atoms with Gasteiger partial charge in [-0.25, -0.2) is 0 Å². The number of nitrogens with two attached hydrogens (primary N) is 2. The molecule has 2 aromatic carbocycles. The second-order valence-corrected chi connectivity index (χ2v) is 5.40. The number of benzene rings is 2. The Labute approximate surface area is 144 Å². The minimum Gasteiger partial charge on any atom is -0.496 e. The summed E-state index contributed by atoms with van der Waals surface area (Å²) in [4.78, 5) is 0. The van der Waals surface area contributed by atoms with Gasteiger partial charge >= 0.3 is 0 Å². The van der Waals surface area contributed by atoms with Crippen LogP contribution < -0.4 is 16.2 Å². The van der Waals surface area contributed by atoms with Gasteiger partial charge in [0.15, 0.2) is 5.76 Å². The molecule has 126 valence electrons. The SMILES string of the molecule is COc1cc(C(=N)N)ccc1-c1cc(-c2ccc(C(=N)N)cc2)no1. The molecule has 0 saturated carbocycles. The van der Waals surface area contributed by atoms with E-state index in [1.807, 2.05) is 12.1 Å². The fourth-order valence-electron chi connectivity index (χ4n) is 2.42. The summed E-state index contributed by atoms with van der Waals surface area (Å²) in [7, 11) is 1.54. The maximum Gasteiger partial charge on any atom is 0.171 e. The molecule has 0 aliphatic heterocycles. The van der Waals surface area contributed by atoms with Crippen molar-refractivity contribution < 1.29 is 9.26 Å². The van der Waals surface area contributed by atoms with Crippen LogP contribution in [0, 0.1) is 10.8 Å². The van der Waals surface area contributed by atoms with Gasteiger partial charge in [0.25, 0.3) is 0 Å². The second kappa shape index (κ2) is 6.48. The Kier molecular flexibility index (Phi) is 4.21. The Morgan fingerprint density at radius 1 is 0.960 bits per heavy atom. The molecule has 0 aliphatic carbocycles. The highest BCUT2D eigenvalue weighted by Crippen LogP contribution is 2.33. The van der Waals surface area contributed by atoms with Crippen LogP contribution in [-0.2, 0) is 0 Å². The normalized spacial score (nSPS) is 10.4. The van der Waals surface area contributed by atoms with Crippen LogP contribution in [0.4, 0.5) is 0 Å². The lowest BCUT2D eigenvalue weighted by Crippen LogP contribution is -2.11. The van der Waals surface area contributed by atoms with Gasteiger partial charge in [-0.2, -0.15) is 0 Å². The van der Waals surface area contributed by atoms with Crippen molar-refractivity contribution in [3.8, 4) is 28.3 Å². The monoisotopic (exact) mass is 335 g/mol. The topological polar surface area (TPSA) is 135 Å². The molecule has 0 spiro atoms. The van der Waals surface area contributed by atoms with Gasteiger partial charge in [0.1, 0.15) is 23.1 Å². The van der Waals surface area contributed by atoms with E-state index < -0.39 is 0 Å². The van der Waals surface area contributed by atoms with Gasteiger partial charge in [-0.15, -0.1) is 0 Å². The Morgan fingerprint density at radius 3 is 2.20 bits per heavy atom. The first-order valence-electron chi connectivity index (χ1n) is 7.44. The molecule has 3 aromatic rings. The van der Waals surface area contributed by atoms with Crippen LogP contribution in [0.2, 0.25) is 0 Å². The molecular formula is C18H17N5O2. The van der Waals surface area contributed by atoms with E-state index in [0.717, 1.165) is 5.56 Å². The number of aromatic nitrogens is 1. The fraction of sp³-hybridized carbons (Fsp3) is 0.0556. The maximum atomic E-state index is 7.51. The first-order valence-corrected chi connectivity index (χ1v) is 7.44. The molecule has 1 aromatic heterocycles. The van der Waals surface area contributed by atoms with E-state index in [-0.39, 0.29) is 11.7 Å². The lowest BCUT2D eigenvalue weighted by molar-refractivity contribution is 0.406. The molecule has 0 radical (unpaired) electrons. The van der Waals surface area contributed by atoms with Crippen molar-refractivity contribution in [3.05, 3.63) is 59.7 Å². The van der Waals surface area contributed by atoms with Crippen LogP contribution in [0.1, 0.15) is 11.1 Å². The predicted octanol–water partition coefficient (Wildman–Crippen LogP) is 2.59. The Hall–Kier alpha value is -3.61. The summed E-state index contributed by atoms with van der Waals surface area (Å²) in [5.74, 6) is 1.07. The number of nitrogen functional groups attached to an aromatic ring is 2. The van der Waals surface area contributed by atoms with Crippen molar-refractivity contribution in [2.75, 3.05) is 7.11 Å². The molecule has 0 bridgehead atoms. The Morgan fingerprint density at radius 2 is 1.60 bits per heavy atom. The Balaban J connectivity index is 1.96. The summed E-state index contributed by atoms with van der Waals surface area (Å²) in [6, 6.07) is 14.2. The van der Waals surface area contributed by atoms with E-state index in [2.05, 4.69) is 5.16 Å². The molecule has 3 rings (SSSR count). The highest BCUT2D eigenvalue weighted by atomic mass is 16.5. The molecular weight excluding hydrogens is 318 g/mol. The first-order chi connectivity index (χ1) is 12.0. The number of amidine groups is 2.